The number of methoxy groups -OCH3 is 1. The van der Waals surface area contributed by atoms with Gasteiger partial charge in [0.15, 0.2) is 0 Å². The van der Waals surface area contributed by atoms with Crippen LogP contribution in [0.5, 0.6) is 5.75 Å². The van der Waals surface area contributed by atoms with Crippen molar-refractivity contribution in [3.8, 4) is 28.0 Å². The fourth-order valence-corrected chi connectivity index (χ4v) is 29.5. The molecular formula is C51H68Cl2OSiZr. The zero-order valence-corrected chi connectivity index (χ0v) is 42.5. The van der Waals surface area contributed by atoms with Crippen molar-refractivity contribution < 1.29 is 25.1 Å². The van der Waals surface area contributed by atoms with Crippen LogP contribution in [0.1, 0.15) is 149 Å². The van der Waals surface area contributed by atoms with Gasteiger partial charge in [-0.2, -0.15) is 0 Å². The molecule has 0 amide bonds. The number of ether oxygens (including phenoxy) is 1. The van der Waals surface area contributed by atoms with E-state index in [2.05, 4.69) is 189 Å². The molecule has 0 aliphatic heterocycles. The topological polar surface area (TPSA) is 9.23 Å². The molecule has 0 saturated carbocycles. The van der Waals surface area contributed by atoms with Crippen LogP contribution in [0.2, 0.25) is 13.1 Å². The molecule has 4 aromatic rings. The summed E-state index contributed by atoms with van der Waals surface area (Å²) in [5.41, 5.74) is 19.6. The number of fused-ring (bicyclic) bond motifs is 2. The summed E-state index contributed by atoms with van der Waals surface area (Å²) in [6.07, 6.45) is 5.17. The van der Waals surface area contributed by atoms with Gasteiger partial charge in [-0.3, -0.25) is 0 Å². The van der Waals surface area contributed by atoms with Gasteiger partial charge >= 0.3 is 339 Å². The van der Waals surface area contributed by atoms with Crippen molar-refractivity contribution in [3.05, 3.63) is 122 Å². The molecule has 0 spiro atoms. The van der Waals surface area contributed by atoms with E-state index in [1.165, 1.54) is 55.6 Å². The molecule has 0 N–H and O–H groups in total. The molecule has 0 heterocycles. The minimum Gasteiger partial charge on any atom is -0.147 e. The monoisotopic (exact) mass is 884 g/mol. The van der Waals surface area contributed by atoms with Crippen LogP contribution in [-0.4, -0.2) is 12.5 Å². The Labute approximate surface area is 361 Å². The van der Waals surface area contributed by atoms with Crippen molar-refractivity contribution in [2.24, 2.45) is 0 Å². The second-order valence-electron chi connectivity index (χ2n) is 20.6. The molecule has 6 rings (SSSR count). The van der Waals surface area contributed by atoms with Gasteiger partial charge in [0.25, 0.3) is 0 Å². The molecule has 0 fully saturated rings. The Kier molecular flexibility index (Phi) is 13.7. The minimum atomic E-state index is -2.40. The van der Waals surface area contributed by atoms with Gasteiger partial charge in [-0.1, -0.05) is 0 Å². The summed E-state index contributed by atoms with van der Waals surface area (Å²) in [6, 6.07) is 26.3. The van der Waals surface area contributed by atoms with Gasteiger partial charge in [0, 0.05) is 0 Å². The van der Waals surface area contributed by atoms with E-state index < -0.39 is 25.8 Å². The molecule has 300 valence electrons. The van der Waals surface area contributed by atoms with E-state index >= 15 is 0 Å². The molecule has 1 nitrogen and oxygen atoms in total. The van der Waals surface area contributed by atoms with Crippen LogP contribution in [0, 0.1) is 0 Å². The number of benzene rings is 4. The van der Waals surface area contributed by atoms with Gasteiger partial charge in [-0.25, -0.2) is 0 Å². The van der Waals surface area contributed by atoms with Crippen LogP contribution in [0.4, 0.5) is 0 Å². The van der Waals surface area contributed by atoms with Crippen molar-refractivity contribution in [2.75, 3.05) is 7.11 Å². The zero-order valence-electron chi connectivity index (χ0n) is 37.4. The predicted octanol–water partition coefficient (Wildman–Crippen LogP) is 15.5. The third-order valence-electron chi connectivity index (χ3n) is 12.0. The van der Waals surface area contributed by atoms with Crippen molar-refractivity contribution >= 4 is 42.4 Å². The number of rotatable bonds is 5. The van der Waals surface area contributed by atoms with Gasteiger partial charge in [0.05, 0.1) is 0 Å². The normalized spacial score (nSPS) is 16.6. The van der Waals surface area contributed by atoms with Crippen LogP contribution in [0.3, 0.4) is 0 Å². The van der Waals surface area contributed by atoms with Gasteiger partial charge < -0.3 is 0 Å². The maximum atomic E-state index is 6.37. The van der Waals surface area contributed by atoms with Crippen molar-refractivity contribution in [3.63, 3.8) is 0 Å². The molecule has 2 aliphatic rings. The molecule has 2 atom stereocenters. The fraction of sp³-hybridized carbons (Fsp3) is 0.451. The Morgan fingerprint density at radius 1 is 0.554 bits per heavy atom. The molecule has 4 aromatic carbocycles. The van der Waals surface area contributed by atoms with Crippen LogP contribution < -0.4 is 4.74 Å². The molecule has 5 heteroatoms. The van der Waals surface area contributed by atoms with Crippen molar-refractivity contribution in [1.29, 1.82) is 0 Å². The summed E-state index contributed by atoms with van der Waals surface area (Å²) < 4.78 is 7.44. The van der Waals surface area contributed by atoms with E-state index in [4.69, 9.17) is 4.74 Å². The van der Waals surface area contributed by atoms with Crippen molar-refractivity contribution in [2.45, 2.75) is 139 Å². The van der Waals surface area contributed by atoms with Crippen LogP contribution >= 0.6 is 24.8 Å². The van der Waals surface area contributed by atoms with Crippen LogP contribution in [0.25, 0.3) is 34.4 Å². The third kappa shape index (κ3) is 8.74. The average molecular weight is 887 g/mol. The van der Waals surface area contributed by atoms with Crippen LogP contribution in [0.15, 0.2) is 77.9 Å². The van der Waals surface area contributed by atoms with Crippen molar-refractivity contribution in [1.82, 2.24) is 0 Å². The first-order valence-electron chi connectivity index (χ1n) is 20.1. The first-order chi connectivity index (χ1) is 24.9. The zero-order chi connectivity index (χ0) is 39.9. The third-order valence-corrected chi connectivity index (χ3v) is 31.9. The van der Waals surface area contributed by atoms with E-state index in [9.17, 15) is 0 Å². The Balaban J connectivity index is 0.00000348. The van der Waals surface area contributed by atoms with Gasteiger partial charge in [-0.05, 0) is 0 Å². The fourth-order valence-electron chi connectivity index (χ4n) is 8.83. The maximum absolute atomic E-state index is 6.37. The number of allylic oxidation sites excluding steroid dienone is 2. The number of hydrogen-bond donors (Lipinski definition) is 0. The van der Waals surface area contributed by atoms with Gasteiger partial charge in [-0.15, -0.1) is 24.8 Å². The SMILES string of the molecule is COc1c(C(C)(C)C)cc2c(c1-c1ccccc1)C=C(C)[CH]2[Zr]([CH]1C(C)=Cc2c(-c3cc(C(C)(C)C)cc(C(C)(C)C)c3)cc(C(C)(C)C)cc21)=[Si](C)C.Cl.Cl. The second-order valence-corrected chi connectivity index (χ2v) is 38.5. The standard InChI is InChI=1S/C28H37.C21H23O.C2H6Si.2ClH.Zr/c1-18-11-19-13-23(28(8,9)10)17-25(24(19)12-18)20-14-21(26(2,3)4)16-22(15-20)27(5,6)7;1-14-11-16-13-18(21(2,3)4)20(22-5)19(17(16)12-14)15-9-7-6-8-10-15;1-3-2;;;/h11-17H,1-10H3;6-13H,1-5H3;1-2H3;2*1H;. The van der Waals surface area contributed by atoms with E-state index in [0.717, 1.165) is 5.75 Å². The second kappa shape index (κ2) is 16.5. The molecule has 0 aromatic heterocycles. The van der Waals surface area contributed by atoms with E-state index in [0.29, 0.717) is 7.25 Å². The summed E-state index contributed by atoms with van der Waals surface area (Å²) in [6.45, 7) is 38.6. The predicted molar refractivity (Wildman–Crippen MR) is 250 cm³/mol. The van der Waals surface area contributed by atoms with E-state index in [1.807, 2.05) is 7.11 Å². The maximum Gasteiger partial charge on any atom is -0.147 e. The first-order valence-corrected chi connectivity index (χ1v) is 29.1. The van der Waals surface area contributed by atoms with Gasteiger partial charge in [0.2, 0.25) is 0 Å². The summed E-state index contributed by atoms with van der Waals surface area (Å²) in [4.78, 5) is 0. The van der Waals surface area contributed by atoms with Crippen LogP contribution in [-0.2, 0) is 42.0 Å². The molecule has 2 unspecified atom stereocenters. The Bertz CT molecular complexity index is 2200. The Morgan fingerprint density at radius 2 is 1.02 bits per heavy atom. The molecule has 2 aliphatic carbocycles. The summed E-state index contributed by atoms with van der Waals surface area (Å²) >= 11 is -2.40. The summed E-state index contributed by atoms with van der Waals surface area (Å²) in [5, 5.41) is 0. The quantitative estimate of drug-likeness (QED) is 0.181. The number of halogens is 2. The van der Waals surface area contributed by atoms with E-state index in [1.54, 1.807) is 22.3 Å². The Hall–Kier alpha value is -2.16. The van der Waals surface area contributed by atoms with Gasteiger partial charge in [0.1, 0.15) is 0 Å². The smallest absolute Gasteiger partial charge is 0.147 e. The largest absolute Gasteiger partial charge is 0.147 e. The average Bonchev–Trinajstić information content (AvgIpc) is 3.57. The summed E-state index contributed by atoms with van der Waals surface area (Å²) in [5.74, 6) is 1.04. The molecule has 56 heavy (non-hydrogen) atoms. The summed E-state index contributed by atoms with van der Waals surface area (Å²) in [7, 11) is 1.86. The molecule has 0 bridgehead atoms. The molecule has 0 saturated heterocycles. The van der Waals surface area contributed by atoms with E-state index in [-0.39, 0.29) is 46.5 Å². The Morgan fingerprint density at radius 3 is 1.46 bits per heavy atom. The number of hydrogen-bond acceptors (Lipinski definition) is 1. The molecule has 0 radical (unpaired) electrons. The minimum absolute atomic E-state index is 0. The molecular weight excluding hydrogens is 819 g/mol. The first kappa shape index (κ1) is 46.5.